The highest BCUT2D eigenvalue weighted by molar-refractivity contribution is 5.79. The highest BCUT2D eigenvalue weighted by atomic mass is 16.2. The van der Waals surface area contributed by atoms with E-state index >= 15 is 0 Å². The van der Waals surface area contributed by atoms with Crippen molar-refractivity contribution in [2.75, 3.05) is 52.4 Å². The molecular weight excluding hydrogens is 244 g/mol. The SMILES string of the molecule is CC(=O)N1CCN(C(=O)CN2CCNCC2C)CC1. The van der Waals surface area contributed by atoms with E-state index in [-0.39, 0.29) is 11.8 Å². The van der Waals surface area contributed by atoms with Gasteiger partial charge in [0.15, 0.2) is 0 Å². The predicted octanol–water partition coefficient (Wildman–Crippen LogP) is -1.03. The highest BCUT2D eigenvalue weighted by Gasteiger charge is 2.26. The van der Waals surface area contributed by atoms with Crippen molar-refractivity contribution >= 4 is 11.8 Å². The van der Waals surface area contributed by atoms with Crippen LogP contribution in [0, 0.1) is 0 Å². The Balaban J connectivity index is 1.79. The molecule has 2 amide bonds. The van der Waals surface area contributed by atoms with Gasteiger partial charge in [0.25, 0.3) is 0 Å². The van der Waals surface area contributed by atoms with Crippen molar-refractivity contribution in [3.63, 3.8) is 0 Å². The Morgan fingerprint density at radius 1 is 1.11 bits per heavy atom. The third-order valence-corrected chi connectivity index (χ3v) is 4.05. The highest BCUT2D eigenvalue weighted by Crippen LogP contribution is 2.06. The van der Waals surface area contributed by atoms with Gasteiger partial charge in [-0.2, -0.15) is 0 Å². The molecule has 0 aromatic carbocycles. The maximum atomic E-state index is 12.2. The molecular formula is C13H24N4O2. The minimum absolute atomic E-state index is 0.0998. The molecule has 0 spiro atoms. The van der Waals surface area contributed by atoms with Crippen LogP contribution in [0.4, 0.5) is 0 Å². The summed E-state index contributed by atoms with van der Waals surface area (Å²) >= 11 is 0. The lowest BCUT2D eigenvalue weighted by Gasteiger charge is -2.38. The summed E-state index contributed by atoms with van der Waals surface area (Å²) in [7, 11) is 0. The van der Waals surface area contributed by atoms with Crippen molar-refractivity contribution in [2.45, 2.75) is 19.9 Å². The Hall–Kier alpha value is -1.14. The minimum atomic E-state index is 0.0998. The molecule has 2 fully saturated rings. The van der Waals surface area contributed by atoms with Gasteiger partial charge in [-0.25, -0.2) is 0 Å². The van der Waals surface area contributed by atoms with Crippen LogP contribution in [0.15, 0.2) is 0 Å². The molecule has 6 nitrogen and oxygen atoms in total. The number of amides is 2. The van der Waals surface area contributed by atoms with Gasteiger partial charge in [0.2, 0.25) is 11.8 Å². The molecule has 0 aromatic heterocycles. The summed E-state index contributed by atoms with van der Waals surface area (Å²) in [5.41, 5.74) is 0. The molecule has 0 bridgehead atoms. The average Bonchev–Trinajstić information content (AvgIpc) is 2.41. The van der Waals surface area contributed by atoms with E-state index in [0.717, 1.165) is 19.6 Å². The largest absolute Gasteiger partial charge is 0.339 e. The maximum Gasteiger partial charge on any atom is 0.236 e. The molecule has 2 aliphatic heterocycles. The lowest BCUT2D eigenvalue weighted by Crippen LogP contribution is -2.56. The van der Waals surface area contributed by atoms with E-state index in [2.05, 4.69) is 17.1 Å². The van der Waals surface area contributed by atoms with Gasteiger partial charge >= 0.3 is 0 Å². The lowest BCUT2D eigenvalue weighted by atomic mass is 10.2. The molecule has 0 aliphatic carbocycles. The van der Waals surface area contributed by atoms with E-state index in [0.29, 0.717) is 38.8 Å². The van der Waals surface area contributed by atoms with Crippen molar-refractivity contribution < 1.29 is 9.59 Å². The van der Waals surface area contributed by atoms with Crippen molar-refractivity contribution in [3.8, 4) is 0 Å². The first kappa shape index (κ1) is 14.3. The summed E-state index contributed by atoms with van der Waals surface area (Å²) in [4.78, 5) is 29.4. The summed E-state index contributed by atoms with van der Waals surface area (Å²) in [5.74, 6) is 0.291. The van der Waals surface area contributed by atoms with Gasteiger partial charge in [-0.05, 0) is 6.92 Å². The second-order valence-electron chi connectivity index (χ2n) is 5.41. The second kappa shape index (κ2) is 6.34. The van der Waals surface area contributed by atoms with E-state index < -0.39 is 0 Å². The normalized spacial score (nSPS) is 25.5. The first-order valence-electron chi connectivity index (χ1n) is 7.06. The van der Waals surface area contributed by atoms with Crippen LogP contribution in [0.2, 0.25) is 0 Å². The fraction of sp³-hybridized carbons (Fsp3) is 0.846. The Labute approximate surface area is 114 Å². The first-order valence-corrected chi connectivity index (χ1v) is 7.06. The van der Waals surface area contributed by atoms with Crippen LogP contribution in [0.3, 0.4) is 0 Å². The van der Waals surface area contributed by atoms with Crippen LogP contribution in [0.25, 0.3) is 0 Å². The molecule has 2 rings (SSSR count). The summed E-state index contributed by atoms with van der Waals surface area (Å²) < 4.78 is 0. The zero-order valence-electron chi connectivity index (χ0n) is 11.9. The molecule has 1 unspecified atom stereocenters. The standard InChI is InChI=1S/C13H24N4O2/c1-11-9-14-3-4-17(11)10-13(19)16-7-5-15(6-8-16)12(2)18/h11,14H,3-10H2,1-2H3. The number of piperazine rings is 2. The van der Waals surface area contributed by atoms with Crippen molar-refractivity contribution in [2.24, 2.45) is 0 Å². The van der Waals surface area contributed by atoms with Crippen LogP contribution in [0.1, 0.15) is 13.8 Å². The molecule has 0 radical (unpaired) electrons. The van der Waals surface area contributed by atoms with Gasteiger partial charge in [-0.1, -0.05) is 0 Å². The van der Waals surface area contributed by atoms with Gasteiger partial charge in [-0.3, -0.25) is 14.5 Å². The zero-order chi connectivity index (χ0) is 13.8. The minimum Gasteiger partial charge on any atom is -0.339 e. The van der Waals surface area contributed by atoms with E-state index in [4.69, 9.17) is 0 Å². The smallest absolute Gasteiger partial charge is 0.236 e. The fourth-order valence-corrected chi connectivity index (χ4v) is 2.66. The molecule has 0 aromatic rings. The van der Waals surface area contributed by atoms with Gasteiger partial charge in [0, 0.05) is 58.8 Å². The molecule has 108 valence electrons. The second-order valence-corrected chi connectivity index (χ2v) is 5.41. The molecule has 2 aliphatic rings. The average molecular weight is 268 g/mol. The topological polar surface area (TPSA) is 55.9 Å². The van der Waals surface area contributed by atoms with Gasteiger partial charge in [0.05, 0.1) is 6.54 Å². The third-order valence-electron chi connectivity index (χ3n) is 4.05. The van der Waals surface area contributed by atoms with E-state index in [1.54, 1.807) is 11.8 Å². The van der Waals surface area contributed by atoms with Crippen LogP contribution in [-0.2, 0) is 9.59 Å². The molecule has 6 heteroatoms. The van der Waals surface area contributed by atoms with Crippen LogP contribution < -0.4 is 5.32 Å². The monoisotopic (exact) mass is 268 g/mol. The number of nitrogens with one attached hydrogen (secondary N) is 1. The van der Waals surface area contributed by atoms with Gasteiger partial charge < -0.3 is 15.1 Å². The quantitative estimate of drug-likeness (QED) is 0.696. The van der Waals surface area contributed by atoms with Gasteiger partial charge in [-0.15, -0.1) is 0 Å². The van der Waals surface area contributed by atoms with E-state index in [1.165, 1.54) is 0 Å². The molecule has 2 heterocycles. The molecule has 19 heavy (non-hydrogen) atoms. The molecule has 0 saturated carbocycles. The Morgan fingerprint density at radius 3 is 2.32 bits per heavy atom. The summed E-state index contributed by atoms with van der Waals surface area (Å²) in [6.07, 6.45) is 0. The van der Waals surface area contributed by atoms with Crippen molar-refractivity contribution in [1.82, 2.24) is 20.0 Å². The maximum absolute atomic E-state index is 12.2. The summed E-state index contributed by atoms with van der Waals surface area (Å²) in [6.45, 7) is 9.73. The zero-order valence-corrected chi connectivity index (χ0v) is 11.9. The number of hydrogen-bond acceptors (Lipinski definition) is 4. The van der Waals surface area contributed by atoms with Gasteiger partial charge in [0.1, 0.15) is 0 Å². The fourth-order valence-electron chi connectivity index (χ4n) is 2.66. The lowest BCUT2D eigenvalue weighted by molar-refractivity contribution is -0.139. The van der Waals surface area contributed by atoms with Crippen LogP contribution in [-0.4, -0.2) is 84.9 Å². The van der Waals surface area contributed by atoms with Crippen LogP contribution in [0.5, 0.6) is 0 Å². The summed E-state index contributed by atoms with van der Waals surface area (Å²) in [6, 6.07) is 0.413. The number of carbonyl (C=O) groups is 2. The molecule has 1 atom stereocenters. The number of rotatable bonds is 2. The van der Waals surface area contributed by atoms with E-state index in [9.17, 15) is 9.59 Å². The molecule has 1 N–H and O–H groups in total. The van der Waals surface area contributed by atoms with Crippen molar-refractivity contribution in [3.05, 3.63) is 0 Å². The molecule has 2 saturated heterocycles. The van der Waals surface area contributed by atoms with Crippen molar-refractivity contribution in [1.29, 1.82) is 0 Å². The predicted molar refractivity (Wildman–Crippen MR) is 72.7 cm³/mol. The van der Waals surface area contributed by atoms with E-state index in [1.807, 2.05) is 4.90 Å². The van der Waals surface area contributed by atoms with Crippen LogP contribution >= 0.6 is 0 Å². The Morgan fingerprint density at radius 2 is 1.74 bits per heavy atom. The number of carbonyl (C=O) groups excluding carboxylic acids is 2. The Bertz CT molecular complexity index is 340. The summed E-state index contributed by atoms with van der Waals surface area (Å²) in [5, 5.41) is 3.32. The first-order chi connectivity index (χ1) is 9.08. The number of hydrogen-bond donors (Lipinski definition) is 1. The third kappa shape index (κ3) is 3.67. The number of nitrogens with zero attached hydrogens (tertiary/aromatic N) is 3. The Kier molecular flexibility index (Phi) is 4.76.